The van der Waals surface area contributed by atoms with Crippen molar-refractivity contribution in [2.24, 2.45) is 11.7 Å². The first-order valence-electron chi connectivity index (χ1n) is 5.16. The van der Waals surface area contributed by atoms with Crippen molar-refractivity contribution in [1.82, 2.24) is 4.72 Å². The maximum Gasteiger partial charge on any atom is 0.250 e. The molecule has 0 atom stereocenters. The fraction of sp³-hybridized carbons (Fsp3) is 0.600. The van der Waals surface area contributed by atoms with E-state index in [0.29, 0.717) is 23.2 Å². The number of nitrogens with one attached hydrogen (secondary N) is 1. The van der Waals surface area contributed by atoms with Crippen LogP contribution in [0.3, 0.4) is 0 Å². The third-order valence-corrected chi connectivity index (χ3v) is 5.29. The molecule has 0 aliphatic heterocycles. The van der Waals surface area contributed by atoms with Crippen LogP contribution in [0.15, 0.2) is 10.3 Å². The number of hydrogen-bond donors (Lipinski definition) is 2. The normalized spacial score (nSPS) is 12.3. The lowest BCUT2D eigenvalue weighted by atomic mass is 10.2. The van der Waals surface area contributed by atoms with Crippen molar-refractivity contribution in [1.29, 1.82) is 0 Å². The number of sulfonamides is 1. The fourth-order valence-corrected chi connectivity index (χ4v) is 3.90. The molecular weight excluding hydrogens is 244 g/mol. The fourth-order valence-electron chi connectivity index (χ4n) is 1.17. The van der Waals surface area contributed by atoms with E-state index in [2.05, 4.69) is 4.72 Å². The molecule has 0 aliphatic rings. The number of aryl methyl sites for hydroxylation is 1. The summed E-state index contributed by atoms with van der Waals surface area (Å²) in [6.07, 6.45) is 0. The molecule has 4 nitrogen and oxygen atoms in total. The van der Waals surface area contributed by atoms with Crippen molar-refractivity contribution in [3.63, 3.8) is 0 Å². The molecule has 0 amide bonds. The Morgan fingerprint density at radius 1 is 1.50 bits per heavy atom. The maximum absolute atomic E-state index is 11.9. The Morgan fingerprint density at radius 3 is 2.56 bits per heavy atom. The van der Waals surface area contributed by atoms with Crippen molar-refractivity contribution < 1.29 is 8.42 Å². The summed E-state index contributed by atoms with van der Waals surface area (Å²) in [4.78, 5) is 0.921. The molecule has 0 aliphatic carbocycles. The van der Waals surface area contributed by atoms with Gasteiger partial charge in [0.05, 0.1) is 0 Å². The Morgan fingerprint density at radius 2 is 2.12 bits per heavy atom. The summed E-state index contributed by atoms with van der Waals surface area (Å²) in [6.45, 7) is 6.65. The van der Waals surface area contributed by atoms with Gasteiger partial charge in [0.25, 0.3) is 0 Å². The van der Waals surface area contributed by atoms with Gasteiger partial charge < -0.3 is 5.73 Å². The van der Waals surface area contributed by atoms with Crippen LogP contribution in [0.4, 0.5) is 0 Å². The average Bonchev–Trinajstić information content (AvgIpc) is 2.57. The third kappa shape index (κ3) is 3.28. The van der Waals surface area contributed by atoms with Gasteiger partial charge in [-0.25, -0.2) is 13.1 Å². The molecule has 1 heterocycles. The summed E-state index contributed by atoms with van der Waals surface area (Å²) < 4.78 is 26.7. The maximum atomic E-state index is 11.9. The van der Waals surface area contributed by atoms with Gasteiger partial charge in [-0.2, -0.15) is 0 Å². The van der Waals surface area contributed by atoms with Gasteiger partial charge >= 0.3 is 0 Å². The van der Waals surface area contributed by atoms with E-state index in [-0.39, 0.29) is 0 Å². The molecule has 3 N–H and O–H groups in total. The lowest BCUT2D eigenvalue weighted by molar-refractivity contribution is 0.562. The van der Waals surface area contributed by atoms with Gasteiger partial charge in [0.1, 0.15) is 4.21 Å². The van der Waals surface area contributed by atoms with Gasteiger partial charge in [-0.3, -0.25) is 0 Å². The van der Waals surface area contributed by atoms with Crippen LogP contribution in [0.1, 0.15) is 24.3 Å². The highest BCUT2D eigenvalue weighted by atomic mass is 32.2. The van der Waals surface area contributed by atoms with Gasteiger partial charge in [0.2, 0.25) is 10.0 Å². The second kappa shape index (κ2) is 5.27. The predicted octanol–water partition coefficient (Wildman–Crippen LogP) is 1.45. The number of thiophene rings is 1. The molecule has 0 unspecified atom stereocenters. The summed E-state index contributed by atoms with van der Waals surface area (Å²) >= 11 is 1.24. The minimum Gasteiger partial charge on any atom is -0.326 e. The quantitative estimate of drug-likeness (QED) is 0.843. The van der Waals surface area contributed by atoms with E-state index in [4.69, 9.17) is 5.73 Å². The zero-order valence-electron chi connectivity index (χ0n) is 9.78. The van der Waals surface area contributed by atoms with Gasteiger partial charge in [-0.1, -0.05) is 13.8 Å². The Labute approximate surface area is 101 Å². The molecule has 16 heavy (non-hydrogen) atoms. The Kier molecular flexibility index (Phi) is 4.49. The number of hydrogen-bond acceptors (Lipinski definition) is 4. The highest BCUT2D eigenvalue weighted by Gasteiger charge is 2.18. The van der Waals surface area contributed by atoms with E-state index in [1.54, 1.807) is 6.07 Å². The van der Waals surface area contributed by atoms with Gasteiger partial charge in [-0.15, -0.1) is 11.3 Å². The van der Waals surface area contributed by atoms with Crippen LogP contribution in [0.25, 0.3) is 0 Å². The first-order valence-corrected chi connectivity index (χ1v) is 7.46. The smallest absolute Gasteiger partial charge is 0.250 e. The summed E-state index contributed by atoms with van der Waals surface area (Å²) in [6, 6.07) is 1.68. The lowest BCUT2D eigenvalue weighted by Gasteiger charge is -2.06. The molecule has 0 radical (unpaired) electrons. The van der Waals surface area contributed by atoms with Crippen molar-refractivity contribution >= 4 is 21.4 Å². The van der Waals surface area contributed by atoms with E-state index < -0.39 is 10.0 Å². The first-order chi connectivity index (χ1) is 7.36. The topological polar surface area (TPSA) is 72.2 Å². The molecule has 1 aromatic heterocycles. The standard InChI is InChI=1S/C10H18N2O2S2/c1-7(2)6-12-16(13,14)10-4-8(3)9(5-11)15-10/h4,7,12H,5-6,11H2,1-3H3. The largest absolute Gasteiger partial charge is 0.326 e. The Balaban J connectivity index is 2.90. The molecule has 1 aromatic rings. The zero-order chi connectivity index (χ0) is 12.3. The molecule has 0 spiro atoms. The zero-order valence-corrected chi connectivity index (χ0v) is 11.4. The molecular formula is C10H18N2O2S2. The van der Waals surface area contributed by atoms with Crippen molar-refractivity contribution in [3.05, 3.63) is 16.5 Å². The molecule has 92 valence electrons. The second-order valence-corrected chi connectivity index (χ2v) is 7.25. The Hall–Kier alpha value is -0.430. The van der Waals surface area contributed by atoms with Crippen LogP contribution in [-0.2, 0) is 16.6 Å². The van der Waals surface area contributed by atoms with Crippen molar-refractivity contribution in [2.75, 3.05) is 6.54 Å². The monoisotopic (exact) mass is 262 g/mol. The molecule has 0 bridgehead atoms. The number of nitrogens with two attached hydrogens (primary N) is 1. The summed E-state index contributed by atoms with van der Waals surface area (Å²) in [7, 11) is -3.35. The van der Waals surface area contributed by atoms with E-state index in [1.165, 1.54) is 11.3 Å². The first kappa shape index (κ1) is 13.6. The van der Waals surface area contributed by atoms with Crippen LogP contribution in [0, 0.1) is 12.8 Å². The van der Waals surface area contributed by atoms with Crippen LogP contribution in [-0.4, -0.2) is 15.0 Å². The van der Waals surface area contributed by atoms with Crippen molar-refractivity contribution in [3.8, 4) is 0 Å². The molecule has 0 saturated heterocycles. The van der Waals surface area contributed by atoms with Crippen LogP contribution >= 0.6 is 11.3 Å². The van der Waals surface area contributed by atoms with Gasteiger partial charge in [-0.05, 0) is 24.5 Å². The van der Waals surface area contributed by atoms with E-state index >= 15 is 0 Å². The summed E-state index contributed by atoms with van der Waals surface area (Å²) in [5.74, 6) is 0.296. The Bertz CT molecular complexity index is 449. The summed E-state index contributed by atoms with van der Waals surface area (Å²) in [5, 5.41) is 0. The molecule has 0 aromatic carbocycles. The third-order valence-electron chi connectivity index (χ3n) is 2.13. The highest BCUT2D eigenvalue weighted by molar-refractivity contribution is 7.91. The molecule has 0 fully saturated rings. The van der Waals surface area contributed by atoms with Gasteiger partial charge in [0.15, 0.2) is 0 Å². The van der Waals surface area contributed by atoms with E-state index in [1.807, 2.05) is 20.8 Å². The minimum atomic E-state index is -3.35. The van der Waals surface area contributed by atoms with E-state index in [0.717, 1.165) is 10.4 Å². The van der Waals surface area contributed by atoms with Crippen LogP contribution < -0.4 is 10.5 Å². The predicted molar refractivity (Wildman–Crippen MR) is 67.0 cm³/mol. The van der Waals surface area contributed by atoms with Gasteiger partial charge in [0, 0.05) is 18.0 Å². The van der Waals surface area contributed by atoms with Crippen molar-refractivity contribution in [2.45, 2.75) is 31.5 Å². The molecule has 1 rings (SSSR count). The van der Waals surface area contributed by atoms with Crippen LogP contribution in [0.2, 0.25) is 0 Å². The highest BCUT2D eigenvalue weighted by Crippen LogP contribution is 2.25. The van der Waals surface area contributed by atoms with Crippen LogP contribution in [0.5, 0.6) is 0 Å². The number of rotatable bonds is 5. The molecule has 0 saturated carbocycles. The average molecular weight is 262 g/mol. The lowest BCUT2D eigenvalue weighted by Crippen LogP contribution is -2.26. The minimum absolute atomic E-state index is 0.296. The summed E-state index contributed by atoms with van der Waals surface area (Å²) in [5.41, 5.74) is 6.47. The molecule has 6 heteroatoms. The SMILES string of the molecule is Cc1cc(S(=O)(=O)NCC(C)C)sc1CN. The van der Waals surface area contributed by atoms with E-state index in [9.17, 15) is 8.42 Å². The second-order valence-electron chi connectivity index (χ2n) is 4.12.